The monoisotopic (exact) mass is 371 g/mol. The molecular formula is C17H29N3O4S. The van der Waals surface area contributed by atoms with Crippen molar-refractivity contribution >= 4 is 10.0 Å². The standard InChI is InChI=1S/C17H29N3O4S/c1-17(2,3)25(23,24)20-13-6-4-12(5-7-13)10-18-11-14-8-15(21)9-16(22)19-14/h8-9,12-13,18,20H,4-7,10-11H2,1-3H3,(H2,19,21,22). The highest BCUT2D eigenvalue weighted by Crippen LogP contribution is 2.26. The van der Waals surface area contributed by atoms with E-state index in [-0.39, 0.29) is 17.4 Å². The van der Waals surface area contributed by atoms with E-state index in [1.54, 1.807) is 20.8 Å². The zero-order valence-corrected chi connectivity index (χ0v) is 15.9. The Kier molecular flexibility index (Phi) is 6.29. The molecule has 1 saturated carbocycles. The maximum absolute atomic E-state index is 12.2. The molecule has 25 heavy (non-hydrogen) atoms. The SMILES string of the molecule is CC(C)(C)S(=O)(=O)NC1CCC(CNCc2cc(O)cc(=O)[nH]2)CC1. The summed E-state index contributed by atoms with van der Waals surface area (Å²) in [6, 6.07) is 2.69. The van der Waals surface area contributed by atoms with Crippen molar-refractivity contribution in [2.75, 3.05) is 6.54 Å². The van der Waals surface area contributed by atoms with Gasteiger partial charge in [0.1, 0.15) is 5.75 Å². The minimum Gasteiger partial charge on any atom is -0.508 e. The molecule has 0 bridgehead atoms. The van der Waals surface area contributed by atoms with Crippen molar-refractivity contribution in [1.82, 2.24) is 15.0 Å². The van der Waals surface area contributed by atoms with Crippen LogP contribution in [0, 0.1) is 5.92 Å². The summed E-state index contributed by atoms with van der Waals surface area (Å²) in [5.41, 5.74) is 0.333. The first kappa shape index (κ1) is 19.9. The first-order valence-corrected chi connectivity index (χ1v) is 10.2. The molecule has 0 saturated heterocycles. The van der Waals surface area contributed by atoms with Gasteiger partial charge in [0.25, 0.3) is 5.56 Å². The van der Waals surface area contributed by atoms with Crippen molar-refractivity contribution in [2.45, 2.75) is 63.8 Å². The van der Waals surface area contributed by atoms with E-state index in [9.17, 15) is 18.3 Å². The second kappa shape index (κ2) is 7.88. The molecule has 1 heterocycles. The Hall–Kier alpha value is -1.38. The van der Waals surface area contributed by atoms with Gasteiger partial charge in [-0.15, -0.1) is 0 Å². The van der Waals surface area contributed by atoms with E-state index in [4.69, 9.17) is 0 Å². The fourth-order valence-corrected chi connectivity index (χ4v) is 4.00. The lowest BCUT2D eigenvalue weighted by atomic mass is 9.86. The van der Waals surface area contributed by atoms with Crippen LogP contribution < -0.4 is 15.6 Å². The van der Waals surface area contributed by atoms with Crippen LogP contribution in [-0.4, -0.2) is 35.8 Å². The molecule has 2 rings (SSSR count). The summed E-state index contributed by atoms with van der Waals surface area (Å²) in [5, 5.41) is 12.7. The molecule has 8 heteroatoms. The van der Waals surface area contributed by atoms with Crippen molar-refractivity contribution in [3.63, 3.8) is 0 Å². The maximum atomic E-state index is 12.2. The van der Waals surface area contributed by atoms with E-state index in [2.05, 4.69) is 15.0 Å². The van der Waals surface area contributed by atoms with Crippen LogP contribution >= 0.6 is 0 Å². The van der Waals surface area contributed by atoms with Crippen molar-refractivity contribution < 1.29 is 13.5 Å². The lowest BCUT2D eigenvalue weighted by Gasteiger charge is -2.31. The molecule has 1 fully saturated rings. The number of H-pyrrole nitrogens is 1. The van der Waals surface area contributed by atoms with Crippen LogP contribution in [0.15, 0.2) is 16.9 Å². The van der Waals surface area contributed by atoms with Gasteiger partial charge in [-0.2, -0.15) is 0 Å². The molecule has 0 atom stereocenters. The molecule has 0 radical (unpaired) electrons. The first-order valence-electron chi connectivity index (χ1n) is 8.71. The summed E-state index contributed by atoms with van der Waals surface area (Å²) < 4.78 is 26.5. The third-order valence-electron chi connectivity index (χ3n) is 4.61. The molecule has 0 amide bonds. The van der Waals surface area contributed by atoms with Crippen molar-refractivity contribution in [1.29, 1.82) is 0 Å². The molecule has 0 aromatic carbocycles. The summed E-state index contributed by atoms with van der Waals surface area (Å²) >= 11 is 0. The number of aromatic hydroxyl groups is 1. The number of nitrogens with one attached hydrogen (secondary N) is 3. The molecule has 4 N–H and O–H groups in total. The zero-order valence-electron chi connectivity index (χ0n) is 15.1. The summed E-state index contributed by atoms with van der Waals surface area (Å²) in [4.78, 5) is 14.0. The van der Waals surface area contributed by atoms with E-state index in [0.717, 1.165) is 38.3 Å². The Balaban J connectivity index is 1.75. The predicted molar refractivity (Wildman–Crippen MR) is 98.0 cm³/mol. The van der Waals surface area contributed by atoms with Gasteiger partial charge in [0.05, 0.1) is 4.75 Å². The highest BCUT2D eigenvalue weighted by molar-refractivity contribution is 7.90. The average Bonchev–Trinajstić information content (AvgIpc) is 2.46. The van der Waals surface area contributed by atoms with Crippen molar-refractivity contribution in [2.24, 2.45) is 5.92 Å². The van der Waals surface area contributed by atoms with E-state index in [0.29, 0.717) is 18.2 Å². The van der Waals surface area contributed by atoms with Crippen LogP contribution in [0.2, 0.25) is 0 Å². The number of sulfonamides is 1. The number of aromatic amines is 1. The van der Waals surface area contributed by atoms with E-state index < -0.39 is 14.8 Å². The van der Waals surface area contributed by atoms with Gasteiger partial charge in [0.2, 0.25) is 10.0 Å². The average molecular weight is 372 g/mol. The Morgan fingerprint density at radius 2 is 1.84 bits per heavy atom. The Bertz CT molecular complexity index is 729. The minimum atomic E-state index is -3.30. The van der Waals surface area contributed by atoms with Crippen LogP contribution in [-0.2, 0) is 16.6 Å². The van der Waals surface area contributed by atoms with Gasteiger partial charge in [0.15, 0.2) is 0 Å². The van der Waals surface area contributed by atoms with Gasteiger partial charge in [-0.3, -0.25) is 4.79 Å². The number of hydrogen-bond donors (Lipinski definition) is 4. The lowest BCUT2D eigenvalue weighted by molar-refractivity contribution is 0.301. The van der Waals surface area contributed by atoms with E-state index >= 15 is 0 Å². The van der Waals surface area contributed by atoms with Crippen molar-refractivity contribution in [3.05, 3.63) is 28.2 Å². The Morgan fingerprint density at radius 3 is 2.40 bits per heavy atom. The molecule has 0 spiro atoms. The third-order valence-corrected chi connectivity index (χ3v) is 6.86. The molecule has 142 valence electrons. The van der Waals surface area contributed by atoms with Crippen LogP contribution in [0.1, 0.15) is 52.1 Å². The largest absolute Gasteiger partial charge is 0.508 e. The molecule has 1 aromatic rings. The van der Waals surface area contributed by atoms with Crippen LogP contribution in [0.3, 0.4) is 0 Å². The fraction of sp³-hybridized carbons (Fsp3) is 0.706. The summed E-state index contributed by atoms with van der Waals surface area (Å²) in [6.07, 6.45) is 3.59. The topological polar surface area (TPSA) is 111 Å². The van der Waals surface area contributed by atoms with E-state index in [1.807, 2.05) is 0 Å². The van der Waals surface area contributed by atoms with Gasteiger partial charge in [-0.1, -0.05) is 0 Å². The summed E-state index contributed by atoms with van der Waals surface area (Å²) in [7, 11) is -3.30. The normalized spacial score (nSPS) is 22.0. The van der Waals surface area contributed by atoms with Crippen LogP contribution in [0.25, 0.3) is 0 Å². The summed E-state index contributed by atoms with van der Waals surface area (Å²) in [6.45, 7) is 6.40. The minimum absolute atomic E-state index is 0.0166. The fourth-order valence-electron chi connectivity index (χ4n) is 2.97. The molecule has 1 aliphatic rings. The van der Waals surface area contributed by atoms with Gasteiger partial charge in [-0.05, 0) is 58.9 Å². The number of hydrogen-bond acceptors (Lipinski definition) is 5. The van der Waals surface area contributed by atoms with Gasteiger partial charge in [0, 0.05) is 30.4 Å². The van der Waals surface area contributed by atoms with E-state index in [1.165, 1.54) is 6.07 Å². The van der Waals surface area contributed by atoms with Crippen LogP contribution in [0.5, 0.6) is 5.75 Å². The number of aromatic nitrogens is 1. The van der Waals surface area contributed by atoms with Crippen molar-refractivity contribution in [3.8, 4) is 5.75 Å². The Morgan fingerprint density at radius 1 is 1.20 bits per heavy atom. The molecule has 1 aliphatic carbocycles. The molecule has 1 aromatic heterocycles. The second-order valence-corrected chi connectivity index (χ2v) is 10.3. The molecule has 7 nitrogen and oxygen atoms in total. The highest BCUT2D eigenvalue weighted by atomic mass is 32.2. The van der Waals surface area contributed by atoms with Crippen LogP contribution in [0.4, 0.5) is 0 Å². The quantitative estimate of drug-likeness (QED) is 0.605. The highest BCUT2D eigenvalue weighted by Gasteiger charge is 2.32. The second-order valence-electron chi connectivity index (χ2n) is 7.81. The maximum Gasteiger partial charge on any atom is 0.251 e. The first-order chi connectivity index (χ1) is 11.6. The number of rotatable bonds is 6. The van der Waals surface area contributed by atoms with Gasteiger partial charge < -0.3 is 15.4 Å². The summed E-state index contributed by atoms with van der Waals surface area (Å²) in [5.74, 6) is 0.451. The molecule has 0 aliphatic heterocycles. The Labute approximate surface area is 149 Å². The third kappa shape index (κ3) is 5.83. The smallest absolute Gasteiger partial charge is 0.251 e. The lowest BCUT2D eigenvalue weighted by Crippen LogP contribution is -2.46. The predicted octanol–water partition coefficient (Wildman–Crippen LogP) is 1.45. The van der Waals surface area contributed by atoms with Gasteiger partial charge >= 0.3 is 0 Å². The number of pyridine rings is 1. The molecule has 0 unspecified atom stereocenters. The molecular weight excluding hydrogens is 342 g/mol. The zero-order chi connectivity index (χ0) is 18.7. The van der Waals surface area contributed by atoms with Gasteiger partial charge in [-0.25, -0.2) is 13.1 Å².